The Morgan fingerprint density at radius 1 is 1.00 bits per heavy atom. The fraction of sp³-hybridized carbons (Fsp3) is 0.133. The van der Waals surface area contributed by atoms with Gasteiger partial charge < -0.3 is 5.32 Å². The van der Waals surface area contributed by atoms with Crippen LogP contribution in [0.3, 0.4) is 0 Å². The van der Waals surface area contributed by atoms with Crippen molar-refractivity contribution in [2.75, 3.05) is 0 Å². The van der Waals surface area contributed by atoms with Crippen LogP contribution in [0, 0.1) is 23.3 Å². The fourth-order valence-electron chi connectivity index (χ4n) is 1.84. The maximum absolute atomic E-state index is 13.5. The molecule has 1 atom stereocenters. The monoisotopic (exact) mass is 297 g/mol. The van der Waals surface area contributed by atoms with Gasteiger partial charge in [-0.25, -0.2) is 17.6 Å². The van der Waals surface area contributed by atoms with E-state index in [9.17, 15) is 22.4 Å². The van der Waals surface area contributed by atoms with E-state index in [1.807, 2.05) is 0 Å². The first kappa shape index (κ1) is 15.0. The highest BCUT2D eigenvalue weighted by Gasteiger charge is 2.23. The van der Waals surface area contributed by atoms with Gasteiger partial charge >= 0.3 is 0 Å². The van der Waals surface area contributed by atoms with E-state index in [4.69, 9.17) is 0 Å². The Morgan fingerprint density at radius 3 is 2.24 bits per heavy atom. The molecule has 21 heavy (non-hydrogen) atoms. The maximum atomic E-state index is 13.5. The van der Waals surface area contributed by atoms with Crippen LogP contribution in [0.4, 0.5) is 17.6 Å². The summed E-state index contributed by atoms with van der Waals surface area (Å²) in [6, 6.07) is 8.56. The second kappa shape index (κ2) is 5.95. The molecule has 2 rings (SSSR count). The number of carbonyl (C=O) groups is 1. The minimum absolute atomic E-state index is 0.334. The van der Waals surface area contributed by atoms with Crippen molar-refractivity contribution in [3.63, 3.8) is 0 Å². The molecule has 110 valence electrons. The van der Waals surface area contributed by atoms with Gasteiger partial charge in [0.25, 0.3) is 5.91 Å². The van der Waals surface area contributed by atoms with Crippen molar-refractivity contribution in [1.82, 2.24) is 5.32 Å². The van der Waals surface area contributed by atoms with Gasteiger partial charge in [0, 0.05) is 0 Å². The molecule has 2 aromatic carbocycles. The van der Waals surface area contributed by atoms with Gasteiger partial charge in [0.2, 0.25) is 0 Å². The van der Waals surface area contributed by atoms with Crippen molar-refractivity contribution in [3.8, 4) is 0 Å². The van der Waals surface area contributed by atoms with E-state index in [2.05, 4.69) is 5.32 Å². The molecule has 0 spiro atoms. The first-order chi connectivity index (χ1) is 9.91. The van der Waals surface area contributed by atoms with Crippen molar-refractivity contribution in [1.29, 1.82) is 0 Å². The van der Waals surface area contributed by atoms with Gasteiger partial charge in [-0.15, -0.1) is 0 Å². The zero-order valence-electron chi connectivity index (χ0n) is 11.0. The van der Waals surface area contributed by atoms with E-state index < -0.39 is 40.8 Å². The van der Waals surface area contributed by atoms with Crippen molar-refractivity contribution < 1.29 is 22.4 Å². The van der Waals surface area contributed by atoms with Crippen molar-refractivity contribution in [3.05, 3.63) is 70.8 Å². The normalized spacial score (nSPS) is 12.0. The summed E-state index contributed by atoms with van der Waals surface area (Å²) in [5.74, 6) is -8.31. The van der Waals surface area contributed by atoms with Crippen LogP contribution in [0.5, 0.6) is 0 Å². The second-order valence-corrected chi connectivity index (χ2v) is 4.45. The highest BCUT2D eigenvalue weighted by atomic mass is 19.2. The van der Waals surface area contributed by atoms with E-state index in [1.165, 1.54) is 0 Å². The van der Waals surface area contributed by atoms with Crippen LogP contribution in [-0.2, 0) is 0 Å². The Balaban J connectivity index is 2.26. The number of rotatable bonds is 3. The van der Waals surface area contributed by atoms with Gasteiger partial charge in [-0.2, -0.15) is 0 Å². The Labute approximate surface area is 118 Å². The van der Waals surface area contributed by atoms with E-state index >= 15 is 0 Å². The molecular weight excluding hydrogens is 286 g/mol. The quantitative estimate of drug-likeness (QED) is 0.522. The van der Waals surface area contributed by atoms with Crippen LogP contribution >= 0.6 is 0 Å². The van der Waals surface area contributed by atoms with Gasteiger partial charge in [0.15, 0.2) is 23.3 Å². The van der Waals surface area contributed by atoms with Gasteiger partial charge in [0.05, 0.1) is 11.6 Å². The highest BCUT2D eigenvalue weighted by molar-refractivity contribution is 5.94. The topological polar surface area (TPSA) is 29.1 Å². The largest absolute Gasteiger partial charge is 0.345 e. The molecule has 2 aromatic rings. The minimum Gasteiger partial charge on any atom is -0.345 e. The summed E-state index contributed by atoms with van der Waals surface area (Å²) >= 11 is 0. The summed E-state index contributed by atoms with van der Waals surface area (Å²) in [4.78, 5) is 11.9. The van der Waals surface area contributed by atoms with Crippen molar-refractivity contribution in [2.45, 2.75) is 13.0 Å². The average Bonchev–Trinajstić information content (AvgIpc) is 2.49. The zero-order chi connectivity index (χ0) is 15.6. The lowest BCUT2D eigenvalue weighted by Gasteiger charge is -2.15. The summed E-state index contributed by atoms with van der Waals surface area (Å²) in [7, 11) is 0. The van der Waals surface area contributed by atoms with Crippen LogP contribution in [0.2, 0.25) is 0 Å². The van der Waals surface area contributed by atoms with E-state index in [0.717, 1.165) is 5.56 Å². The molecule has 0 radical (unpaired) electrons. The van der Waals surface area contributed by atoms with Crippen LogP contribution < -0.4 is 5.32 Å². The summed E-state index contributed by atoms with van der Waals surface area (Å²) in [6.07, 6.45) is 0. The second-order valence-electron chi connectivity index (χ2n) is 4.45. The average molecular weight is 297 g/mol. The zero-order valence-corrected chi connectivity index (χ0v) is 11.0. The minimum atomic E-state index is -2.01. The molecule has 0 aliphatic rings. The molecule has 1 amide bonds. The summed E-state index contributed by atoms with van der Waals surface area (Å²) < 4.78 is 52.5. The Morgan fingerprint density at radius 2 is 1.62 bits per heavy atom. The Hall–Kier alpha value is -2.37. The van der Waals surface area contributed by atoms with Crippen LogP contribution in [0.25, 0.3) is 0 Å². The molecule has 0 fully saturated rings. The van der Waals surface area contributed by atoms with Gasteiger partial charge in [-0.1, -0.05) is 30.3 Å². The van der Waals surface area contributed by atoms with Crippen molar-refractivity contribution in [2.24, 2.45) is 0 Å². The maximum Gasteiger partial charge on any atom is 0.254 e. The number of amides is 1. The van der Waals surface area contributed by atoms with E-state index in [-0.39, 0.29) is 0 Å². The van der Waals surface area contributed by atoms with Gasteiger partial charge in [-0.05, 0) is 18.6 Å². The molecule has 0 bridgehead atoms. The number of halogens is 4. The molecule has 0 aliphatic heterocycles. The summed E-state index contributed by atoms with van der Waals surface area (Å²) in [5.41, 5.74) is -0.150. The molecule has 0 aromatic heterocycles. The van der Waals surface area contributed by atoms with Crippen LogP contribution in [-0.4, -0.2) is 5.91 Å². The van der Waals surface area contributed by atoms with Crippen LogP contribution in [0.1, 0.15) is 28.9 Å². The third-order valence-corrected chi connectivity index (χ3v) is 2.99. The molecule has 1 N–H and O–H groups in total. The molecule has 6 heteroatoms. The molecular formula is C15H11F4NO. The molecule has 0 heterocycles. The smallest absolute Gasteiger partial charge is 0.254 e. The molecule has 2 nitrogen and oxygen atoms in total. The van der Waals surface area contributed by atoms with Crippen LogP contribution in [0.15, 0.2) is 36.4 Å². The molecule has 0 saturated heterocycles. The molecule has 0 aliphatic carbocycles. The van der Waals surface area contributed by atoms with Crippen molar-refractivity contribution >= 4 is 5.91 Å². The summed E-state index contributed by atoms with van der Waals surface area (Å²) in [5, 5.41) is 2.39. The fourth-order valence-corrected chi connectivity index (χ4v) is 1.84. The predicted molar refractivity (Wildman–Crippen MR) is 68.6 cm³/mol. The predicted octanol–water partition coefficient (Wildman–Crippen LogP) is 3.73. The summed E-state index contributed by atoms with van der Waals surface area (Å²) in [6.45, 7) is 1.63. The Bertz CT molecular complexity index is 673. The molecule has 0 saturated carbocycles. The lowest BCUT2D eigenvalue weighted by atomic mass is 10.1. The van der Waals surface area contributed by atoms with Gasteiger partial charge in [0.1, 0.15) is 0 Å². The third kappa shape index (κ3) is 3.04. The number of hydrogen-bond donors (Lipinski definition) is 1. The first-order valence-corrected chi connectivity index (χ1v) is 6.10. The van der Waals surface area contributed by atoms with Gasteiger partial charge in [-0.3, -0.25) is 4.79 Å². The molecule has 0 unspecified atom stereocenters. The Kier molecular flexibility index (Phi) is 4.26. The third-order valence-electron chi connectivity index (χ3n) is 2.99. The highest BCUT2D eigenvalue weighted by Crippen LogP contribution is 2.20. The van der Waals surface area contributed by atoms with E-state index in [1.54, 1.807) is 37.3 Å². The SMILES string of the molecule is C[C@H](NC(=O)c1cc(F)c(F)c(F)c1F)c1ccccc1. The van der Waals surface area contributed by atoms with E-state index in [0.29, 0.717) is 6.07 Å². The number of benzene rings is 2. The number of carbonyl (C=O) groups excluding carboxylic acids is 1. The number of nitrogens with one attached hydrogen (secondary N) is 1. The lowest BCUT2D eigenvalue weighted by molar-refractivity contribution is 0.0933. The first-order valence-electron chi connectivity index (χ1n) is 6.10. The number of hydrogen-bond acceptors (Lipinski definition) is 1. The standard InChI is InChI=1S/C15H11F4NO/c1-8(9-5-3-2-4-6-9)20-15(21)10-7-11(16)13(18)14(19)12(10)17/h2-8H,1H3,(H,20,21)/t8-/m0/s1. The lowest BCUT2D eigenvalue weighted by Crippen LogP contribution is -2.28.